The fraction of sp³-hybridized carbons (Fsp3) is 0.360. The highest BCUT2D eigenvalue weighted by Crippen LogP contribution is 2.31. The number of para-hydroxylation sites is 1. The van der Waals surface area contributed by atoms with Gasteiger partial charge in [0, 0.05) is 35.9 Å². The normalized spacial score (nSPS) is 18.7. The van der Waals surface area contributed by atoms with Gasteiger partial charge in [0.15, 0.2) is 9.84 Å². The Hall–Kier alpha value is -3.38. The van der Waals surface area contributed by atoms with Crippen molar-refractivity contribution in [2.24, 2.45) is 0 Å². The Morgan fingerprint density at radius 1 is 1.05 bits per heavy atom. The van der Waals surface area contributed by atoms with Crippen LogP contribution in [0.1, 0.15) is 19.4 Å². The molecule has 0 spiro atoms. The number of hydrogen-bond acceptors (Lipinski definition) is 5. The number of nitrogens with zero attached hydrogens (tertiary/aromatic N) is 2. The van der Waals surface area contributed by atoms with Gasteiger partial charge in [-0.05, 0) is 38.1 Å². The van der Waals surface area contributed by atoms with Gasteiger partial charge >= 0.3 is 6.18 Å². The van der Waals surface area contributed by atoms with Gasteiger partial charge in [0.1, 0.15) is 12.3 Å². The van der Waals surface area contributed by atoms with Crippen molar-refractivity contribution < 1.29 is 35.9 Å². The number of alkyl halides is 3. The standard InChI is InChI=1S/C25H26F3N3O5S/c1-16-11-31(12-17(2)36-16)24(33)14-30-13-22(20-8-3-4-9-21(20)30)37(34,35)15-23(32)29-19-7-5-6-18(10-19)25(26,27)28/h3-10,13,16-17H,11-12,14-15H2,1-2H3,(H,29,32). The number of hydrogen-bond donors (Lipinski definition) is 1. The van der Waals surface area contributed by atoms with E-state index in [0.29, 0.717) is 24.0 Å². The fourth-order valence-electron chi connectivity index (χ4n) is 4.44. The number of ether oxygens (including phenoxy) is 1. The van der Waals surface area contributed by atoms with Crippen molar-refractivity contribution in [3.05, 3.63) is 60.3 Å². The Balaban J connectivity index is 1.55. The van der Waals surface area contributed by atoms with Crippen molar-refractivity contribution in [3.63, 3.8) is 0 Å². The number of sulfone groups is 1. The van der Waals surface area contributed by atoms with Crippen LogP contribution in [0.15, 0.2) is 59.6 Å². The number of carbonyl (C=O) groups is 2. The summed E-state index contributed by atoms with van der Waals surface area (Å²) in [6.07, 6.45) is -3.53. The van der Waals surface area contributed by atoms with Crippen molar-refractivity contribution in [3.8, 4) is 0 Å². The van der Waals surface area contributed by atoms with Crippen LogP contribution >= 0.6 is 0 Å². The smallest absolute Gasteiger partial charge is 0.372 e. The summed E-state index contributed by atoms with van der Waals surface area (Å²) < 4.78 is 72.4. The van der Waals surface area contributed by atoms with Crippen LogP contribution in [0.2, 0.25) is 0 Å². The number of benzene rings is 2. The highest BCUT2D eigenvalue weighted by Gasteiger charge is 2.31. The maximum absolute atomic E-state index is 13.2. The van der Waals surface area contributed by atoms with E-state index in [1.54, 1.807) is 29.2 Å². The van der Waals surface area contributed by atoms with Crippen molar-refractivity contribution in [1.29, 1.82) is 0 Å². The topological polar surface area (TPSA) is 97.7 Å². The van der Waals surface area contributed by atoms with E-state index in [1.165, 1.54) is 16.8 Å². The van der Waals surface area contributed by atoms with Crippen LogP contribution in [0.3, 0.4) is 0 Å². The summed E-state index contributed by atoms with van der Waals surface area (Å²) in [6, 6.07) is 10.5. The Morgan fingerprint density at radius 2 is 1.73 bits per heavy atom. The number of rotatable bonds is 6. The van der Waals surface area contributed by atoms with E-state index in [2.05, 4.69) is 5.32 Å². The largest absolute Gasteiger partial charge is 0.416 e. The number of nitrogens with one attached hydrogen (secondary N) is 1. The van der Waals surface area contributed by atoms with Crippen molar-refractivity contribution in [2.45, 2.75) is 43.7 Å². The fourth-order valence-corrected chi connectivity index (χ4v) is 5.81. The van der Waals surface area contributed by atoms with E-state index in [0.717, 1.165) is 18.2 Å². The molecule has 2 amide bonds. The second-order valence-electron chi connectivity index (χ2n) is 9.08. The van der Waals surface area contributed by atoms with Gasteiger partial charge in [0.2, 0.25) is 11.8 Å². The van der Waals surface area contributed by atoms with Gasteiger partial charge in [-0.3, -0.25) is 9.59 Å². The van der Waals surface area contributed by atoms with E-state index >= 15 is 0 Å². The van der Waals surface area contributed by atoms with Gasteiger partial charge in [-0.1, -0.05) is 24.3 Å². The van der Waals surface area contributed by atoms with Gasteiger partial charge in [0.25, 0.3) is 0 Å². The molecule has 198 valence electrons. The molecule has 0 aliphatic carbocycles. The lowest BCUT2D eigenvalue weighted by Gasteiger charge is -2.35. The minimum absolute atomic E-state index is 0.105. The number of amides is 2. The highest BCUT2D eigenvalue weighted by molar-refractivity contribution is 7.92. The zero-order valence-corrected chi connectivity index (χ0v) is 21.0. The summed E-state index contributed by atoms with van der Waals surface area (Å²) in [5, 5.41) is 2.56. The monoisotopic (exact) mass is 537 g/mol. The van der Waals surface area contributed by atoms with Crippen LogP contribution in [0.25, 0.3) is 10.9 Å². The SMILES string of the molecule is CC1CN(C(=O)Cn2cc(S(=O)(=O)CC(=O)Nc3cccc(C(F)(F)F)c3)c3ccccc32)CC(C)O1. The summed E-state index contributed by atoms with van der Waals surface area (Å²) in [4.78, 5) is 27.0. The molecule has 1 N–H and O–H groups in total. The maximum Gasteiger partial charge on any atom is 0.416 e. The molecule has 12 heteroatoms. The average Bonchev–Trinajstić information content (AvgIpc) is 3.17. The maximum atomic E-state index is 13.2. The molecule has 37 heavy (non-hydrogen) atoms. The lowest BCUT2D eigenvalue weighted by molar-refractivity contribution is -0.143. The Labute approximate surface area is 211 Å². The number of carbonyl (C=O) groups excluding carboxylic acids is 2. The quantitative estimate of drug-likeness (QED) is 0.517. The van der Waals surface area contributed by atoms with E-state index in [4.69, 9.17) is 4.74 Å². The molecule has 1 fully saturated rings. The van der Waals surface area contributed by atoms with Crippen LogP contribution in [0, 0.1) is 0 Å². The van der Waals surface area contributed by atoms with Crippen LogP contribution in [0.5, 0.6) is 0 Å². The Bertz CT molecular complexity index is 1420. The number of aromatic nitrogens is 1. The van der Waals surface area contributed by atoms with Gasteiger partial charge in [0.05, 0.1) is 22.7 Å². The lowest BCUT2D eigenvalue weighted by Crippen LogP contribution is -2.49. The van der Waals surface area contributed by atoms with Crippen molar-refractivity contribution >= 4 is 38.2 Å². The molecular formula is C25H26F3N3O5S. The molecule has 0 radical (unpaired) electrons. The van der Waals surface area contributed by atoms with Crippen molar-refractivity contribution in [1.82, 2.24) is 9.47 Å². The van der Waals surface area contributed by atoms with E-state index < -0.39 is 33.2 Å². The molecule has 0 bridgehead atoms. The predicted molar refractivity (Wildman–Crippen MR) is 131 cm³/mol. The first-order valence-corrected chi connectivity index (χ1v) is 13.2. The molecule has 1 saturated heterocycles. The van der Waals surface area contributed by atoms with E-state index in [9.17, 15) is 31.2 Å². The molecule has 2 heterocycles. The van der Waals surface area contributed by atoms with Crippen LogP contribution in [-0.2, 0) is 36.9 Å². The third-order valence-corrected chi connectivity index (χ3v) is 7.60. The molecule has 0 saturated carbocycles. The van der Waals surface area contributed by atoms with Gasteiger partial charge in [-0.25, -0.2) is 8.42 Å². The van der Waals surface area contributed by atoms with Crippen molar-refractivity contribution in [2.75, 3.05) is 24.2 Å². The van der Waals surface area contributed by atoms with Crippen LogP contribution in [-0.4, -0.2) is 60.7 Å². The number of morpholine rings is 1. The number of halogens is 3. The summed E-state index contributed by atoms with van der Waals surface area (Å²) in [5.74, 6) is -2.17. The second-order valence-corrected chi connectivity index (χ2v) is 11.0. The molecule has 1 aromatic heterocycles. The second kappa shape index (κ2) is 10.2. The number of anilines is 1. The summed E-state index contributed by atoms with van der Waals surface area (Å²) in [5.41, 5.74) is -0.635. The number of fused-ring (bicyclic) bond motifs is 1. The van der Waals surface area contributed by atoms with E-state index in [-0.39, 0.29) is 35.2 Å². The first-order chi connectivity index (χ1) is 17.3. The molecule has 2 aromatic carbocycles. The van der Waals surface area contributed by atoms with Gasteiger partial charge in [-0.15, -0.1) is 0 Å². The summed E-state index contributed by atoms with van der Waals surface area (Å²) in [6.45, 7) is 4.48. The Kier molecular flexibility index (Phi) is 7.33. The minimum Gasteiger partial charge on any atom is -0.372 e. The summed E-state index contributed by atoms with van der Waals surface area (Å²) in [7, 11) is -4.20. The highest BCUT2D eigenvalue weighted by atomic mass is 32.2. The first kappa shape index (κ1) is 26.7. The molecule has 3 aromatic rings. The third kappa shape index (κ3) is 6.13. The minimum atomic E-state index is -4.61. The molecule has 8 nitrogen and oxygen atoms in total. The van der Waals surface area contributed by atoms with E-state index in [1.807, 2.05) is 13.8 Å². The molecular weight excluding hydrogens is 511 g/mol. The van der Waals surface area contributed by atoms with Crippen LogP contribution < -0.4 is 5.32 Å². The predicted octanol–water partition coefficient (Wildman–Crippen LogP) is 3.71. The molecule has 1 aliphatic rings. The Morgan fingerprint density at radius 3 is 2.41 bits per heavy atom. The molecule has 2 unspecified atom stereocenters. The zero-order chi connectivity index (χ0) is 27.0. The molecule has 1 aliphatic heterocycles. The van der Waals surface area contributed by atoms with Gasteiger partial charge < -0.3 is 19.5 Å². The molecule has 2 atom stereocenters. The average molecular weight is 538 g/mol. The zero-order valence-electron chi connectivity index (χ0n) is 20.2. The third-order valence-electron chi connectivity index (χ3n) is 5.96. The lowest BCUT2D eigenvalue weighted by atomic mass is 10.2. The van der Waals surface area contributed by atoms with Gasteiger partial charge in [-0.2, -0.15) is 13.2 Å². The summed E-state index contributed by atoms with van der Waals surface area (Å²) >= 11 is 0. The van der Waals surface area contributed by atoms with Crippen LogP contribution in [0.4, 0.5) is 18.9 Å². The first-order valence-electron chi connectivity index (χ1n) is 11.5. The molecule has 4 rings (SSSR count).